The van der Waals surface area contributed by atoms with Crippen LogP contribution in [0.3, 0.4) is 0 Å². The van der Waals surface area contributed by atoms with Gasteiger partial charge in [0.1, 0.15) is 5.82 Å². The van der Waals surface area contributed by atoms with Crippen LogP contribution in [-0.2, 0) is 11.2 Å². The predicted octanol–water partition coefficient (Wildman–Crippen LogP) is 5.24. The average Bonchev–Trinajstić information content (AvgIpc) is 3.24. The van der Waals surface area contributed by atoms with Crippen LogP contribution in [0.4, 0.5) is 10.1 Å². The molecule has 2 heterocycles. The molecule has 0 saturated heterocycles. The number of hydrogen-bond donors (Lipinski definition) is 1. The van der Waals surface area contributed by atoms with Gasteiger partial charge in [0.25, 0.3) is 5.91 Å². The second-order valence-electron chi connectivity index (χ2n) is 7.39. The number of aliphatic hydroxyl groups excluding tert-OH is 1. The molecule has 31 heavy (non-hydrogen) atoms. The van der Waals surface area contributed by atoms with Crippen molar-refractivity contribution in [2.45, 2.75) is 33.2 Å². The topological polar surface area (TPSA) is 70.5 Å². The van der Waals surface area contributed by atoms with Gasteiger partial charge in [0.15, 0.2) is 5.76 Å². The number of amides is 1. The summed E-state index contributed by atoms with van der Waals surface area (Å²) in [4.78, 5) is 32.7. The first kappa shape index (κ1) is 20.9. The van der Waals surface area contributed by atoms with Crippen LogP contribution in [0.5, 0.6) is 0 Å². The highest BCUT2D eigenvalue weighted by atomic mass is 32.1. The quantitative estimate of drug-likeness (QED) is 0.555. The monoisotopic (exact) mass is 436 g/mol. The number of aliphatic hydroxyl groups is 1. The largest absolute Gasteiger partial charge is 0.503 e. The van der Waals surface area contributed by atoms with E-state index in [-0.39, 0.29) is 5.57 Å². The van der Waals surface area contributed by atoms with Gasteiger partial charge in [0.2, 0.25) is 5.78 Å². The number of hydrogen-bond acceptors (Lipinski definition) is 5. The number of carbonyl (C=O) groups excluding carboxylic acids is 2. The number of thiazole rings is 1. The van der Waals surface area contributed by atoms with Crippen LogP contribution in [0.1, 0.15) is 44.5 Å². The van der Waals surface area contributed by atoms with Gasteiger partial charge in [-0.1, -0.05) is 31.2 Å². The standard InChI is InChI=1S/C24H21FN2O3S/c1-4-15-5-11-18(12-6-15)27-20(16-7-9-17(25)10-8-16)19(22(29)24(27)30)21(28)23-13(2)26-14(3)31-23/h5-12,20,29H,4H2,1-3H3. The van der Waals surface area contributed by atoms with Crippen molar-refractivity contribution < 1.29 is 19.1 Å². The van der Waals surface area contributed by atoms with Crippen molar-refractivity contribution in [3.8, 4) is 0 Å². The van der Waals surface area contributed by atoms with Gasteiger partial charge in [-0.3, -0.25) is 14.5 Å². The summed E-state index contributed by atoms with van der Waals surface area (Å²) in [5, 5.41) is 11.5. The number of anilines is 1. The van der Waals surface area contributed by atoms with Gasteiger partial charge in [0.05, 0.1) is 27.2 Å². The van der Waals surface area contributed by atoms with Crippen LogP contribution in [-0.4, -0.2) is 21.8 Å². The maximum Gasteiger partial charge on any atom is 0.294 e. The average molecular weight is 437 g/mol. The summed E-state index contributed by atoms with van der Waals surface area (Å²) in [7, 11) is 0. The summed E-state index contributed by atoms with van der Waals surface area (Å²) in [6.45, 7) is 5.54. The molecule has 1 atom stereocenters. The van der Waals surface area contributed by atoms with E-state index >= 15 is 0 Å². The molecule has 0 fully saturated rings. The number of rotatable bonds is 5. The van der Waals surface area contributed by atoms with Crippen molar-refractivity contribution in [2.75, 3.05) is 4.90 Å². The SMILES string of the molecule is CCc1ccc(N2C(=O)C(O)=C(C(=O)c3sc(C)nc3C)C2c2ccc(F)cc2)cc1. The van der Waals surface area contributed by atoms with Gasteiger partial charge in [0, 0.05) is 5.69 Å². The molecule has 0 spiro atoms. The third-order valence-electron chi connectivity index (χ3n) is 5.37. The normalized spacial score (nSPS) is 16.3. The highest BCUT2D eigenvalue weighted by Crippen LogP contribution is 2.42. The number of nitrogens with zero attached hydrogens (tertiary/aromatic N) is 2. The van der Waals surface area contributed by atoms with E-state index in [9.17, 15) is 19.1 Å². The van der Waals surface area contributed by atoms with E-state index in [1.54, 1.807) is 26.0 Å². The molecule has 0 aliphatic carbocycles. The number of aromatic nitrogens is 1. The van der Waals surface area contributed by atoms with Gasteiger partial charge in [-0.15, -0.1) is 11.3 Å². The van der Waals surface area contributed by atoms with E-state index in [0.29, 0.717) is 21.8 Å². The third-order valence-corrected chi connectivity index (χ3v) is 6.44. The number of Topliss-reactive ketones (excluding diaryl/α,β-unsaturated/α-hetero) is 1. The number of ketones is 1. The molecule has 158 valence electrons. The lowest BCUT2D eigenvalue weighted by Gasteiger charge is -2.27. The summed E-state index contributed by atoms with van der Waals surface area (Å²) in [5.74, 6) is -2.14. The molecule has 0 saturated carbocycles. The number of halogens is 1. The molecule has 1 amide bonds. The van der Waals surface area contributed by atoms with E-state index < -0.39 is 29.3 Å². The van der Waals surface area contributed by atoms with Crippen molar-refractivity contribution in [1.29, 1.82) is 0 Å². The lowest BCUT2D eigenvalue weighted by Crippen LogP contribution is -2.31. The minimum Gasteiger partial charge on any atom is -0.503 e. The van der Waals surface area contributed by atoms with Crippen molar-refractivity contribution in [3.05, 3.63) is 92.4 Å². The summed E-state index contributed by atoms with van der Waals surface area (Å²) >= 11 is 1.22. The number of aryl methyl sites for hydroxylation is 3. The smallest absolute Gasteiger partial charge is 0.294 e. The molecule has 1 unspecified atom stereocenters. The maximum absolute atomic E-state index is 13.6. The van der Waals surface area contributed by atoms with Crippen molar-refractivity contribution in [2.24, 2.45) is 0 Å². The van der Waals surface area contributed by atoms with Crippen LogP contribution < -0.4 is 4.90 Å². The Kier molecular flexibility index (Phi) is 5.45. The Balaban J connectivity index is 1.87. The highest BCUT2D eigenvalue weighted by Gasteiger charge is 2.45. The number of benzene rings is 2. The van der Waals surface area contributed by atoms with Crippen LogP contribution in [0.15, 0.2) is 59.9 Å². The van der Waals surface area contributed by atoms with Crippen LogP contribution in [0.2, 0.25) is 0 Å². The Morgan fingerprint density at radius 3 is 2.32 bits per heavy atom. The van der Waals surface area contributed by atoms with Gasteiger partial charge in [-0.05, 0) is 55.7 Å². The van der Waals surface area contributed by atoms with Gasteiger partial charge in [-0.25, -0.2) is 9.37 Å². The first-order valence-corrected chi connectivity index (χ1v) is 10.7. The van der Waals surface area contributed by atoms with E-state index in [4.69, 9.17) is 0 Å². The Morgan fingerprint density at radius 2 is 1.77 bits per heavy atom. The third kappa shape index (κ3) is 3.65. The molecule has 5 nitrogen and oxygen atoms in total. The first-order chi connectivity index (χ1) is 14.8. The van der Waals surface area contributed by atoms with E-state index in [0.717, 1.165) is 17.0 Å². The molecule has 2 aromatic carbocycles. The fraction of sp³-hybridized carbons (Fsp3) is 0.208. The summed E-state index contributed by atoms with van der Waals surface area (Å²) in [6.07, 6.45) is 0.840. The van der Waals surface area contributed by atoms with E-state index in [2.05, 4.69) is 4.98 Å². The Labute approximate surface area is 183 Å². The minimum absolute atomic E-state index is 0.0251. The van der Waals surface area contributed by atoms with Gasteiger partial charge < -0.3 is 5.11 Å². The van der Waals surface area contributed by atoms with E-state index in [1.807, 2.05) is 19.1 Å². The highest BCUT2D eigenvalue weighted by molar-refractivity contribution is 7.14. The van der Waals surface area contributed by atoms with Crippen molar-refractivity contribution in [3.63, 3.8) is 0 Å². The Bertz CT molecular complexity index is 1200. The van der Waals surface area contributed by atoms with E-state index in [1.165, 1.54) is 40.5 Å². The maximum atomic E-state index is 13.6. The fourth-order valence-electron chi connectivity index (χ4n) is 3.82. The number of carbonyl (C=O) groups is 2. The molecule has 3 aromatic rings. The molecule has 1 aliphatic rings. The van der Waals surface area contributed by atoms with Crippen molar-refractivity contribution >= 4 is 28.7 Å². The fourth-order valence-corrected chi connectivity index (χ4v) is 4.69. The molecule has 0 bridgehead atoms. The summed E-state index contributed by atoms with van der Waals surface area (Å²) < 4.78 is 13.6. The molecule has 0 radical (unpaired) electrons. The Hall–Kier alpha value is -3.32. The zero-order chi connectivity index (χ0) is 22.3. The zero-order valence-corrected chi connectivity index (χ0v) is 18.2. The molecule has 1 aromatic heterocycles. The summed E-state index contributed by atoms with van der Waals surface area (Å²) in [5.41, 5.74) is 2.69. The van der Waals surface area contributed by atoms with Gasteiger partial charge in [-0.2, -0.15) is 0 Å². The lowest BCUT2D eigenvalue weighted by atomic mass is 9.94. The Morgan fingerprint density at radius 1 is 1.13 bits per heavy atom. The second kappa shape index (κ2) is 8.07. The molecular weight excluding hydrogens is 415 g/mol. The lowest BCUT2D eigenvalue weighted by molar-refractivity contribution is -0.117. The second-order valence-corrected chi connectivity index (χ2v) is 8.59. The molecule has 1 N–H and O–H groups in total. The minimum atomic E-state index is -0.880. The zero-order valence-electron chi connectivity index (χ0n) is 17.3. The van der Waals surface area contributed by atoms with Crippen molar-refractivity contribution in [1.82, 2.24) is 4.98 Å². The van der Waals surface area contributed by atoms with Gasteiger partial charge >= 0.3 is 0 Å². The van der Waals surface area contributed by atoms with Crippen LogP contribution >= 0.6 is 11.3 Å². The van der Waals surface area contributed by atoms with Crippen LogP contribution in [0, 0.1) is 19.7 Å². The molecule has 4 rings (SSSR count). The predicted molar refractivity (Wildman–Crippen MR) is 118 cm³/mol. The first-order valence-electron chi connectivity index (χ1n) is 9.91. The van der Waals surface area contributed by atoms with Crippen LogP contribution in [0.25, 0.3) is 0 Å². The molecule has 1 aliphatic heterocycles. The summed E-state index contributed by atoms with van der Waals surface area (Å²) in [6, 6.07) is 12.1. The molecule has 7 heteroatoms. The molecular formula is C24H21FN2O3S.